The van der Waals surface area contributed by atoms with Crippen molar-refractivity contribution >= 4 is 37.7 Å². The lowest BCUT2D eigenvalue weighted by molar-refractivity contribution is 0.454. The van der Waals surface area contributed by atoms with Gasteiger partial charge >= 0.3 is 0 Å². The number of aromatic nitrogens is 4. The number of hydrogen-bond acceptors (Lipinski definition) is 6. The highest BCUT2D eigenvalue weighted by Crippen LogP contribution is 2.28. The fourth-order valence-corrected chi connectivity index (χ4v) is 4.38. The lowest BCUT2D eigenvalue weighted by Crippen LogP contribution is -2.27. The monoisotopic (exact) mass is 366 g/mol. The van der Waals surface area contributed by atoms with E-state index in [1.54, 1.807) is 0 Å². The third-order valence-electron chi connectivity index (χ3n) is 4.93. The molecule has 4 aromatic heterocycles. The molecular weight excluding hydrogens is 348 g/mol. The molecule has 0 aliphatic carbocycles. The molecule has 5 N–H and O–H groups in total. The maximum Gasteiger partial charge on any atom is 0.260 e. The molecule has 4 aromatic rings. The van der Waals surface area contributed by atoms with E-state index < -0.39 is 0 Å². The maximum atomic E-state index is 12.5. The highest BCUT2D eigenvalue weighted by Gasteiger charge is 2.18. The molecule has 0 atom stereocenters. The zero-order chi connectivity index (χ0) is 17.7. The van der Waals surface area contributed by atoms with E-state index in [2.05, 4.69) is 26.3 Å². The quantitative estimate of drug-likeness (QED) is 0.435. The van der Waals surface area contributed by atoms with E-state index in [0.717, 1.165) is 53.0 Å². The van der Waals surface area contributed by atoms with Gasteiger partial charge in [-0.25, -0.2) is 9.97 Å². The van der Waals surface area contributed by atoms with E-state index in [1.807, 2.05) is 18.2 Å². The Labute approximate surface area is 152 Å². The molecule has 0 amide bonds. The number of hydrogen-bond donors (Lipinski definition) is 4. The van der Waals surface area contributed by atoms with Crippen LogP contribution in [0.25, 0.3) is 32.8 Å². The Morgan fingerprint density at radius 3 is 2.81 bits per heavy atom. The van der Waals surface area contributed by atoms with Crippen molar-refractivity contribution < 1.29 is 0 Å². The standard InChI is InChI=1S/C18H18N6OS/c19-14-8-10-7-11(17(25)24-18(10)26-14)15-22-13-2-1-12(21-16(13)23-15)9-3-5-20-6-4-9/h1-2,7-9,20H,3-6,19H2,(H,24,25)(H,21,22,23). The Morgan fingerprint density at radius 1 is 1.12 bits per heavy atom. The first-order valence-electron chi connectivity index (χ1n) is 8.67. The normalized spacial score (nSPS) is 15.8. The predicted octanol–water partition coefficient (Wildman–Crippen LogP) is 2.58. The molecule has 1 aliphatic heterocycles. The molecule has 7 nitrogen and oxygen atoms in total. The summed E-state index contributed by atoms with van der Waals surface area (Å²) in [5.74, 6) is 1.00. The first kappa shape index (κ1) is 15.5. The summed E-state index contributed by atoms with van der Waals surface area (Å²) in [6.45, 7) is 2.05. The largest absolute Gasteiger partial charge is 0.391 e. The van der Waals surface area contributed by atoms with E-state index in [-0.39, 0.29) is 5.56 Å². The van der Waals surface area contributed by atoms with E-state index in [4.69, 9.17) is 10.7 Å². The number of thiophene rings is 1. The Morgan fingerprint density at radius 2 is 1.96 bits per heavy atom. The molecule has 1 aliphatic rings. The Bertz CT molecular complexity index is 1170. The number of nitrogen functional groups attached to an aromatic ring is 1. The number of nitrogens with one attached hydrogen (secondary N) is 3. The first-order valence-corrected chi connectivity index (χ1v) is 9.49. The fourth-order valence-electron chi connectivity index (χ4n) is 3.58. The number of rotatable bonds is 2. The number of nitrogens with two attached hydrogens (primary N) is 1. The Kier molecular flexibility index (Phi) is 3.54. The van der Waals surface area contributed by atoms with Crippen LogP contribution in [-0.4, -0.2) is 33.0 Å². The second kappa shape index (κ2) is 5.93. The Hall–Kier alpha value is -2.71. The highest BCUT2D eigenvalue weighted by molar-refractivity contribution is 7.22. The third-order valence-corrected chi connectivity index (χ3v) is 5.82. The number of H-pyrrole nitrogens is 2. The molecule has 5 heterocycles. The van der Waals surface area contributed by atoms with Crippen LogP contribution in [0.2, 0.25) is 0 Å². The minimum Gasteiger partial charge on any atom is -0.391 e. The molecule has 0 aromatic carbocycles. The summed E-state index contributed by atoms with van der Waals surface area (Å²) in [6, 6.07) is 7.72. The second-order valence-electron chi connectivity index (χ2n) is 6.66. The summed E-state index contributed by atoms with van der Waals surface area (Å²) in [4.78, 5) is 28.7. The third kappa shape index (κ3) is 2.58. The van der Waals surface area contributed by atoms with Gasteiger partial charge in [0.15, 0.2) is 5.65 Å². The van der Waals surface area contributed by atoms with Gasteiger partial charge < -0.3 is 21.0 Å². The highest BCUT2D eigenvalue weighted by atomic mass is 32.1. The smallest absolute Gasteiger partial charge is 0.260 e. The number of nitrogens with zero attached hydrogens (tertiary/aromatic N) is 2. The molecule has 1 fully saturated rings. The molecule has 0 saturated carbocycles. The zero-order valence-corrected chi connectivity index (χ0v) is 14.8. The van der Waals surface area contributed by atoms with Crippen molar-refractivity contribution in [2.75, 3.05) is 18.8 Å². The molecular formula is C18H18N6OS. The molecule has 0 radical (unpaired) electrons. The van der Waals surface area contributed by atoms with Crippen molar-refractivity contribution in [2.45, 2.75) is 18.8 Å². The van der Waals surface area contributed by atoms with E-state index in [9.17, 15) is 4.79 Å². The summed E-state index contributed by atoms with van der Waals surface area (Å²) >= 11 is 1.37. The van der Waals surface area contributed by atoms with Gasteiger partial charge in [0.2, 0.25) is 0 Å². The van der Waals surface area contributed by atoms with Gasteiger partial charge in [-0.1, -0.05) is 0 Å². The van der Waals surface area contributed by atoms with Gasteiger partial charge in [-0.3, -0.25) is 4.79 Å². The van der Waals surface area contributed by atoms with Crippen molar-refractivity contribution in [1.29, 1.82) is 0 Å². The topological polar surface area (TPSA) is 112 Å². The minimum absolute atomic E-state index is 0.183. The average molecular weight is 366 g/mol. The van der Waals surface area contributed by atoms with Crippen LogP contribution in [0.15, 0.2) is 29.1 Å². The number of aromatic amines is 2. The maximum absolute atomic E-state index is 12.5. The SMILES string of the molecule is Nc1cc2cc(-c3nc4ccc(C5CCNCC5)nc4[nH]3)c(=O)[nH]c2s1. The minimum atomic E-state index is -0.183. The molecule has 26 heavy (non-hydrogen) atoms. The van der Waals surface area contributed by atoms with Crippen LogP contribution in [0.3, 0.4) is 0 Å². The second-order valence-corrected chi connectivity index (χ2v) is 7.74. The molecule has 8 heteroatoms. The molecule has 0 spiro atoms. The van der Waals surface area contributed by atoms with Gasteiger partial charge in [-0.15, -0.1) is 11.3 Å². The van der Waals surface area contributed by atoms with E-state index in [0.29, 0.717) is 22.3 Å². The average Bonchev–Trinajstić information content (AvgIpc) is 3.22. The van der Waals surface area contributed by atoms with Gasteiger partial charge in [0, 0.05) is 17.0 Å². The van der Waals surface area contributed by atoms with Crippen LogP contribution in [0.4, 0.5) is 5.00 Å². The molecule has 5 rings (SSSR count). The summed E-state index contributed by atoms with van der Waals surface area (Å²) in [5, 5.41) is 4.96. The summed E-state index contributed by atoms with van der Waals surface area (Å²) in [5.41, 5.74) is 8.73. The van der Waals surface area contributed by atoms with Gasteiger partial charge in [-0.05, 0) is 50.2 Å². The number of piperidine rings is 1. The van der Waals surface area contributed by atoms with Crippen LogP contribution < -0.4 is 16.6 Å². The lowest BCUT2D eigenvalue weighted by Gasteiger charge is -2.21. The molecule has 0 unspecified atom stereocenters. The number of anilines is 1. The van der Waals surface area contributed by atoms with E-state index >= 15 is 0 Å². The van der Waals surface area contributed by atoms with Crippen LogP contribution in [0, 0.1) is 0 Å². The Balaban J connectivity index is 1.59. The van der Waals surface area contributed by atoms with Gasteiger partial charge in [-0.2, -0.15) is 0 Å². The van der Waals surface area contributed by atoms with Crippen molar-refractivity contribution in [2.24, 2.45) is 0 Å². The molecule has 132 valence electrons. The first-order chi connectivity index (χ1) is 12.7. The summed E-state index contributed by atoms with van der Waals surface area (Å²) in [6.07, 6.45) is 2.19. The molecule has 1 saturated heterocycles. The van der Waals surface area contributed by atoms with Gasteiger partial charge in [0.1, 0.15) is 16.2 Å². The summed E-state index contributed by atoms with van der Waals surface area (Å²) < 4.78 is 0. The van der Waals surface area contributed by atoms with Gasteiger partial charge in [0.05, 0.1) is 10.6 Å². The zero-order valence-electron chi connectivity index (χ0n) is 14.0. The van der Waals surface area contributed by atoms with Crippen molar-refractivity contribution in [3.05, 3.63) is 40.3 Å². The van der Waals surface area contributed by atoms with Gasteiger partial charge in [0.25, 0.3) is 5.56 Å². The number of imidazole rings is 1. The lowest BCUT2D eigenvalue weighted by atomic mass is 9.94. The number of pyridine rings is 2. The van der Waals surface area contributed by atoms with E-state index in [1.165, 1.54) is 11.3 Å². The predicted molar refractivity (Wildman–Crippen MR) is 105 cm³/mol. The van der Waals surface area contributed by atoms with Crippen LogP contribution in [0.1, 0.15) is 24.5 Å². The van der Waals surface area contributed by atoms with Crippen LogP contribution in [-0.2, 0) is 0 Å². The van der Waals surface area contributed by atoms with Crippen molar-refractivity contribution in [3.63, 3.8) is 0 Å². The van der Waals surface area contributed by atoms with Crippen molar-refractivity contribution in [1.82, 2.24) is 25.3 Å². The number of fused-ring (bicyclic) bond motifs is 2. The van der Waals surface area contributed by atoms with Crippen molar-refractivity contribution in [3.8, 4) is 11.4 Å². The fraction of sp³-hybridized carbons (Fsp3) is 0.278. The summed E-state index contributed by atoms with van der Waals surface area (Å²) in [7, 11) is 0. The van der Waals surface area contributed by atoms with Crippen LogP contribution in [0.5, 0.6) is 0 Å². The molecule has 0 bridgehead atoms. The van der Waals surface area contributed by atoms with Crippen LogP contribution >= 0.6 is 11.3 Å².